The lowest BCUT2D eigenvalue weighted by Crippen LogP contribution is -2.13. The zero-order valence-corrected chi connectivity index (χ0v) is 10.1. The number of nitrogens with one attached hydrogen (secondary N) is 1. The van der Waals surface area contributed by atoms with Crippen LogP contribution in [0.4, 0.5) is 0 Å². The summed E-state index contributed by atoms with van der Waals surface area (Å²) in [6.07, 6.45) is 3.48. The van der Waals surface area contributed by atoms with Crippen molar-refractivity contribution in [1.29, 1.82) is 0 Å². The molecule has 2 heterocycles. The Bertz CT molecular complexity index is 780. The number of pyridine rings is 1. The molecular formula is C14H12N4O. The molecule has 2 aromatic heterocycles. The van der Waals surface area contributed by atoms with Crippen LogP contribution in [0.5, 0.6) is 0 Å². The van der Waals surface area contributed by atoms with Crippen LogP contribution in [0.1, 0.15) is 5.69 Å². The van der Waals surface area contributed by atoms with E-state index in [1.807, 2.05) is 30.3 Å². The maximum atomic E-state index is 11.9. The maximum Gasteiger partial charge on any atom is 0.272 e. The number of hydrogen-bond acceptors (Lipinski definition) is 4. The fraction of sp³-hybridized carbons (Fsp3) is 0.0714. The van der Waals surface area contributed by atoms with Crippen LogP contribution < -0.4 is 11.3 Å². The van der Waals surface area contributed by atoms with Crippen molar-refractivity contribution in [2.24, 2.45) is 5.73 Å². The molecule has 0 atom stereocenters. The monoisotopic (exact) mass is 252 g/mol. The lowest BCUT2D eigenvalue weighted by molar-refractivity contribution is 0.900. The maximum absolute atomic E-state index is 11.9. The second kappa shape index (κ2) is 4.62. The predicted octanol–water partition coefficient (Wildman–Crippen LogP) is 1.44. The molecule has 94 valence electrons. The molecule has 0 unspecified atom stereocenters. The highest BCUT2D eigenvalue weighted by Crippen LogP contribution is 2.22. The number of rotatable bonds is 2. The van der Waals surface area contributed by atoms with Gasteiger partial charge in [0.15, 0.2) is 0 Å². The van der Waals surface area contributed by atoms with E-state index in [4.69, 9.17) is 5.73 Å². The van der Waals surface area contributed by atoms with Crippen LogP contribution in [0.2, 0.25) is 0 Å². The van der Waals surface area contributed by atoms with Gasteiger partial charge >= 0.3 is 0 Å². The van der Waals surface area contributed by atoms with Gasteiger partial charge < -0.3 is 5.73 Å². The Labute approximate surface area is 109 Å². The van der Waals surface area contributed by atoms with Gasteiger partial charge in [-0.25, -0.2) is 5.10 Å². The number of benzene rings is 1. The number of nitrogens with two attached hydrogens (primary N) is 1. The number of aromatic amines is 1. The topological polar surface area (TPSA) is 84.7 Å². The number of nitrogens with zero attached hydrogens (tertiary/aromatic N) is 2. The highest BCUT2D eigenvalue weighted by Gasteiger charge is 2.07. The molecule has 0 fully saturated rings. The predicted molar refractivity (Wildman–Crippen MR) is 73.5 cm³/mol. The molecule has 0 saturated heterocycles. The average molecular weight is 252 g/mol. The minimum atomic E-state index is -0.210. The smallest absolute Gasteiger partial charge is 0.272 e. The summed E-state index contributed by atoms with van der Waals surface area (Å²) in [5.74, 6) is 0. The fourth-order valence-corrected chi connectivity index (χ4v) is 2.09. The molecule has 19 heavy (non-hydrogen) atoms. The number of H-pyrrole nitrogens is 1. The SMILES string of the molecule is NCc1n[nH]c(=O)c2cc(-c3cccnc3)ccc12. The normalized spacial score (nSPS) is 10.8. The summed E-state index contributed by atoms with van der Waals surface area (Å²) in [5, 5.41) is 7.81. The van der Waals surface area contributed by atoms with Gasteiger partial charge in [-0.2, -0.15) is 5.10 Å². The summed E-state index contributed by atoms with van der Waals surface area (Å²) >= 11 is 0. The Morgan fingerprint density at radius 3 is 2.79 bits per heavy atom. The first-order valence-corrected chi connectivity index (χ1v) is 5.91. The van der Waals surface area contributed by atoms with Crippen LogP contribution in [-0.4, -0.2) is 15.2 Å². The Balaban J connectivity index is 2.27. The Kier molecular flexibility index (Phi) is 2.81. The van der Waals surface area contributed by atoms with Gasteiger partial charge in [0.2, 0.25) is 0 Å². The third-order valence-corrected chi connectivity index (χ3v) is 3.06. The second-order valence-electron chi connectivity index (χ2n) is 4.21. The summed E-state index contributed by atoms with van der Waals surface area (Å²) in [5.41, 5.74) is 8.01. The Morgan fingerprint density at radius 2 is 2.05 bits per heavy atom. The van der Waals surface area contributed by atoms with Crippen LogP contribution in [0, 0.1) is 0 Å². The zero-order chi connectivity index (χ0) is 13.2. The average Bonchev–Trinajstić information content (AvgIpc) is 2.48. The van der Waals surface area contributed by atoms with Crippen LogP contribution in [0.15, 0.2) is 47.5 Å². The lowest BCUT2D eigenvalue weighted by Gasteiger charge is -2.05. The molecule has 0 saturated carbocycles. The molecular weight excluding hydrogens is 240 g/mol. The second-order valence-corrected chi connectivity index (χ2v) is 4.21. The molecule has 3 rings (SSSR count). The van der Waals surface area contributed by atoms with Gasteiger partial charge in [0.05, 0.1) is 11.1 Å². The van der Waals surface area contributed by atoms with Gasteiger partial charge in [0.1, 0.15) is 0 Å². The first-order chi connectivity index (χ1) is 9.29. The van der Waals surface area contributed by atoms with E-state index >= 15 is 0 Å². The molecule has 0 aliphatic rings. The van der Waals surface area contributed by atoms with Crippen LogP contribution in [-0.2, 0) is 6.54 Å². The molecule has 3 N–H and O–H groups in total. The molecule has 0 aliphatic heterocycles. The summed E-state index contributed by atoms with van der Waals surface area (Å²) in [6, 6.07) is 9.47. The summed E-state index contributed by atoms with van der Waals surface area (Å²) in [6.45, 7) is 0.291. The van der Waals surface area contributed by atoms with E-state index in [1.165, 1.54) is 0 Å². The van der Waals surface area contributed by atoms with Crippen molar-refractivity contribution in [1.82, 2.24) is 15.2 Å². The Hall–Kier alpha value is -2.53. The van der Waals surface area contributed by atoms with E-state index in [9.17, 15) is 4.79 Å². The molecule has 0 spiro atoms. The zero-order valence-electron chi connectivity index (χ0n) is 10.1. The van der Waals surface area contributed by atoms with E-state index in [0.29, 0.717) is 17.6 Å². The van der Waals surface area contributed by atoms with Gasteiger partial charge in [-0.1, -0.05) is 18.2 Å². The highest BCUT2D eigenvalue weighted by molar-refractivity contribution is 5.88. The first kappa shape index (κ1) is 11.6. The summed E-state index contributed by atoms with van der Waals surface area (Å²) < 4.78 is 0. The van der Waals surface area contributed by atoms with Crippen LogP contribution >= 0.6 is 0 Å². The number of aromatic nitrogens is 3. The Morgan fingerprint density at radius 1 is 1.16 bits per heavy atom. The molecule has 0 radical (unpaired) electrons. The lowest BCUT2D eigenvalue weighted by atomic mass is 10.0. The van der Waals surface area contributed by atoms with Crippen LogP contribution in [0.3, 0.4) is 0 Å². The van der Waals surface area contributed by atoms with E-state index in [2.05, 4.69) is 15.2 Å². The third kappa shape index (κ3) is 2.00. The van der Waals surface area contributed by atoms with E-state index in [0.717, 1.165) is 16.5 Å². The van der Waals surface area contributed by atoms with Gasteiger partial charge in [0, 0.05) is 29.9 Å². The number of hydrogen-bond donors (Lipinski definition) is 2. The van der Waals surface area contributed by atoms with E-state index < -0.39 is 0 Å². The standard InChI is InChI=1S/C14H12N4O/c15-7-13-11-4-3-9(10-2-1-5-16-8-10)6-12(11)14(19)18-17-13/h1-6,8H,7,15H2,(H,18,19). The van der Waals surface area contributed by atoms with E-state index in [1.54, 1.807) is 12.4 Å². The molecule has 5 nitrogen and oxygen atoms in total. The minimum Gasteiger partial charge on any atom is -0.325 e. The highest BCUT2D eigenvalue weighted by atomic mass is 16.1. The van der Waals surface area contributed by atoms with Crippen molar-refractivity contribution in [2.45, 2.75) is 6.54 Å². The van der Waals surface area contributed by atoms with E-state index in [-0.39, 0.29) is 5.56 Å². The van der Waals surface area contributed by atoms with Gasteiger partial charge in [-0.15, -0.1) is 0 Å². The third-order valence-electron chi connectivity index (χ3n) is 3.06. The molecule has 3 aromatic rings. The number of fused-ring (bicyclic) bond motifs is 1. The fourth-order valence-electron chi connectivity index (χ4n) is 2.09. The quantitative estimate of drug-likeness (QED) is 0.722. The largest absolute Gasteiger partial charge is 0.325 e. The van der Waals surface area contributed by atoms with Gasteiger partial charge in [0.25, 0.3) is 5.56 Å². The molecule has 0 aliphatic carbocycles. The van der Waals surface area contributed by atoms with Crippen molar-refractivity contribution >= 4 is 10.8 Å². The summed E-state index contributed by atoms with van der Waals surface area (Å²) in [4.78, 5) is 15.9. The van der Waals surface area contributed by atoms with Gasteiger partial charge in [-0.3, -0.25) is 9.78 Å². The molecule has 0 amide bonds. The van der Waals surface area contributed by atoms with Crippen molar-refractivity contribution in [3.8, 4) is 11.1 Å². The van der Waals surface area contributed by atoms with Crippen molar-refractivity contribution in [2.75, 3.05) is 0 Å². The van der Waals surface area contributed by atoms with Crippen LogP contribution in [0.25, 0.3) is 21.9 Å². The molecule has 5 heteroatoms. The molecule has 0 bridgehead atoms. The van der Waals surface area contributed by atoms with Crippen molar-refractivity contribution < 1.29 is 0 Å². The van der Waals surface area contributed by atoms with Crippen molar-refractivity contribution in [3.63, 3.8) is 0 Å². The minimum absolute atomic E-state index is 0.210. The first-order valence-electron chi connectivity index (χ1n) is 5.91. The van der Waals surface area contributed by atoms with Crippen molar-refractivity contribution in [3.05, 3.63) is 58.8 Å². The molecule has 1 aromatic carbocycles. The summed E-state index contributed by atoms with van der Waals surface area (Å²) in [7, 11) is 0. The van der Waals surface area contributed by atoms with Gasteiger partial charge in [-0.05, 0) is 17.7 Å².